The summed E-state index contributed by atoms with van der Waals surface area (Å²) < 4.78 is 42.0. The maximum Gasteiger partial charge on any atom is 0.414 e. The van der Waals surface area contributed by atoms with Gasteiger partial charge in [0, 0.05) is 13.7 Å². The number of likely N-dealkylation sites (tertiary alicyclic amines) is 1. The van der Waals surface area contributed by atoms with Crippen molar-refractivity contribution in [2.45, 2.75) is 38.0 Å². The van der Waals surface area contributed by atoms with Crippen molar-refractivity contribution in [2.75, 3.05) is 33.4 Å². The highest BCUT2D eigenvalue weighted by Crippen LogP contribution is 2.31. The van der Waals surface area contributed by atoms with Gasteiger partial charge in [-0.2, -0.15) is 13.2 Å². The average molecular weight is 269 g/mol. The van der Waals surface area contributed by atoms with Gasteiger partial charge < -0.3 is 14.7 Å². The molecule has 0 spiro atoms. The molecule has 0 radical (unpaired) electrons. The largest absolute Gasteiger partial charge is 0.414 e. The Balaban J connectivity index is 2.20. The number of hydrogen-bond acceptors (Lipinski definition) is 3. The van der Waals surface area contributed by atoms with E-state index in [0.717, 1.165) is 26.0 Å². The molecule has 0 aromatic rings. The molecule has 0 aliphatic carbocycles. The van der Waals surface area contributed by atoms with Crippen molar-refractivity contribution < 1.29 is 23.0 Å². The summed E-state index contributed by atoms with van der Waals surface area (Å²) in [7, 11) is 1.66. The first-order valence-corrected chi connectivity index (χ1v) is 6.41. The highest BCUT2D eigenvalue weighted by Gasteiger charge is 2.43. The fourth-order valence-electron chi connectivity index (χ4n) is 2.34. The van der Waals surface area contributed by atoms with Crippen molar-refractivity contribution in [3.05, 3.63) is 0 Å². The van der Waals surface area contributed by atoms with Crippen molar-refractivity contribution in [1.82, 2.24) is 4.90 Å². The van der Waals surface area contributed by atoms with Crippen LogP contribution in [0.3, 0.4) is 0 Å². The fourth-order valence-corrected chi connectivity index (χ4v) is 2.34. The second kappa shape index (κ2) is 7.31. The quantitative estimate of drug-likeness (QED) is 0.749. The van der Waals surface area contributed by atoms with E-state index in [-0.39, 0.29) is 0 Å². The van der Waals surface area contributed by atoms with E-state index >= 15 is 0 Å². The van der Waals surface area contributed by atoms with Gasteiger partial charge >= 0.3 is 6.18 Å². The number of rotatable bonds is 6. The maximum atomic E-state index is 12.3. The third-order valence-electron chi connectivity index (χ3n) is 3.49. The van der Waals surface area contributed by atoms with Crippen LogP contribution in [0.15, 0.2) is 0 Å². The van der Waals surface area contributed by atoms with Crippen LogP contribution in [0, 0.1) is 5.92 Å². The Kier molecular flexibility index (Phi) is 6.38. The molecule has 1 fully saturated rings. The Morgan fingerprint density at radius 1 is 1.28 bits per heavy atom. The molecule has 1 atom stereocenters. The SMILES string of the molecule is COCCCCN1CCC(C(O)C(F)(F)F)CC1. The maximum absolute atomic E-state index is 12.3. The number of alkyl halides is 3. The molecule has 1 unspecified atom stereocenters. The van der Waals surface area contributed by atoms with Crippen LogP contribution in [0.4, 0.5) is 13.2 Å². The predicted molar refractivity (Wildman–Crippen MR) is 62.3 cm³/mol. The lowest BCUT2D eigenvalue weighted by Gasteiger charge is -2.34. The summed E-state index contributed by atoms with van der Waals surface area (Å²) in [6, 6.07) is 0. The van der Waals surface area contributed by atoms with Gasteiger partial charge in [-0.3, -0.25) is 0 Å². The number of halogens is 3. The van der Waals surface area contributed by atoms with Gasteiger partial charge in [-0.15, -0.1) is 0 Å². The van der Waals surface area contributed by atoms with E-state index in [1.54, 1.807) is 7.11 Å². The number of ether oxygens (including phenoxy) is 1. The predicted octanol–water partition coefficient (Wildman–Crippen LogP) is 2.05. The van der Waals surface area contributed by atoms with Gasteiger partial charge in [-0.1, -0.05) is 0 Å². The van der Waals surface area contributed by atoms with Crippen molar-refractivity contribution in [3.63, 3.8) is 0 Å². The molecule has 3 nitrogen and oxygen atoms in total. The van der Waals surface area contributed by atoms with Gasteiger partial charge in [0.1, 0.15) is 0 Å². The van der Waals surface area contributed by atoms with Crippen LogP contribution in [0.25, 0.3) is 0 Å². The first kappa shape index (κ1) is 15.7. The third-order valence-corrected chi connectivity index (χ3v) is 3.49. The van der Waals surface area contributed by atoms with E-state index in [0.29, 0.717) is 25.9 Å². The third kappa shape index (κ3) is 5.12. The van der Waals surface area contributed by atoms with Gasteiger partial charge in [0.05, 0.1) is 0 Å². The highest BCUT2D eigenvalue weighted by atomic mass is 19.4. The van der Waals surface area contributed by atoms with Crippen LogP contribution < -0.4 is 0 Å². The van der Waals surface area contributed by atoms with E-state index in [1.807, 2.05) is 0 Å². The molecule has 1 N–H and O–H groups in total. The molecule has 18 heavy (non-hydrogen) atoms. The standard InChI is InChI=1S/C12H22F3NO2/c1-18-9-3-2-6-16-7-4-10(5-8-16)11(17)12(13,14)15/h10-11,17H,2-9H2,1H3. The summed E-state index contributed by atoms with van der Waals surface area (Å²) in [5.74, 6) is -0.639. The van der Waals surface area contributed by atoms with Crippen molar-refractivity contribution in [1.29, 1.82) is 0 Å². The Hall–Kier alpha value is -0.330. The summed E-state index contributed by atoms with van der Waals surface area (Å²) in [6.45, 7) is 2.91. The molecule has 1 saturated heterocycles. The Morgan fingerprint density at radius 2 is 1.89 bits per heavy atom. The normalized spacial score (nSPS) is 21.2. The summed E-state index contributed by atoms with van der Waals surface area (Å²) in [4.78, 5) is 2.16. The lowest BCUT2D eigenvalue weighted by molar-refractivity contribution is -0.223. The Labute approximate surface area is 106 Å². The number of aliphatic hydroxyl groups is 1. The molecule has 108 valence electrons. The number of nitrogens with zero attached hydrogens (tertiary/aromatic N) is 1. The Morgan fingerprint density at radius 3 is 2.39 bits per heavy atom. The van der Waals surface area contributed by atoms with Crippen molar-refractivity contribution in [2.24, 2.45) is 5.92 Å². The molecule has 0 saturated carbocycles. The number of unbranched alkanes of at least 4 members (excludes halogenated alkanes) is 1. The average Bonchev–Trinajstić information content (AvgIpc) is 2.33. The van der Waals surface area contributed by atoms with E-state index in [2.05, 4.69) is 4.90 Å². The minimum atomic E-state index is -4.48. The number of methoxy groups -OCH3 is 1. The van der Waals surface area contributed by atoms with E-state index in [4.69, 9.17) is 4.74 Å². The van der Waals surface area contributed by atoms with Crippen LogP contribution in [0.5, 0.6) is 0 Å². The molecule has 1 rings (SSSR count). The summed E-state index contributed by atoms with van der Waals surface area (Å²) in [5, 5.41) is 9.18. The molecular formula is C12H22F3NO2. The summed E-state index contributed by atoms with van der Waals surface area (Å²) >= 11 is 0. The fraction of sp³-hybridized carbons (Fsp3) is 1.00. The van der Waals surface area contributed by atoms with E-state index in [1.165, 1.54) is 0 Å². The molecule has 0 aromatic carbocycles. The lowest BCUT2D eigenvalue weighted by atomic mass is 9.91. The van der Waals surface area contributed by atoms with Crippen LogP contribution in [-0.2, 0) is 4.74 Å². The van der Waals surface area contributed by atoms with Crippen LogP contribution in [0.1, 0.15) is 25.7 Å². The monoisotopic (exact) mass is 269 g/mol. The number of aliphatic hydroxyl groups excluding tert-OH is 1. The lowest BCUT2D eigenvalue weighted by Crippen LogP contribution is -2.43. The van der Waals surface area contributed by atoms with Gasteiger partial charge in [-0.25, -0.2) is 0 Å². The molecule has 0 aromatic heterocycles. The zero-order valence-electron chi connectivity index (χ0n) is 10.7. The summed E-state index contributed by atoms with van der Waals surface area (Å²) in [6.07, 6.45) is -3.82. The second-order valence-corrected chi connectivity index (χ2v) is 4.87. The second-order valence-electron chi connectivity index (χ2n) is 4.87. The van der Waals surface area contributed by atoms with E-state index in [9.17, 15) is 18.3 Å². The molecule has 1 aliphatic rings. The van der Waals surface area contributed by atoms with Crippen molar-refractivity contribution >= 4 is 0 Å². The molecular weight excluding hydrogens is 247 g/mol. The first-order valence-electron chi connectivity index (χ1n) is 6.41. The zero-order chi connectivity index (χ0) is 13.6. The minimum absolute atomic E-state index is 0.422. The van der Waals surface area contributed by atoms with Crippen LogP contribution in [0.2, 0.25) is 0 Å². The Bertz CT molecular complexity index is 228. The van der Waals surface area contributed by atoms with Gasteiger partial charge in [0.25, 0.3) is 0 Å². The zero-order valence-corrected chi connectivity index (χ0v) is 10.7. The van der Waals surface area contributed by atoms with Crippen LogP contribution in [-0.4, -0.2) is 55.6 Å². The molecule has 0 amide bonds. The number of hydrogen-bond donors (Lipinski definition) is 1. The smallest absolute Gasteiger partial charge is 0.385 e. The van der Waals surface area contributed by atoms with Gasteiger partial charge in [-0.05, 0) is 51.2 Å². The van der Waals surface area contributed by atoms with Crippen LogP contribution >= 0.6 is 0 Å². The molecule has 1 heterocycles. The van der Waals surface area contributed by atoms with Crippen molar-refractivity contribution in [3.8, 4) is 0 Å². The van der Waals surface area contributed by atoms with E-state index < -0.39 is 18.2 Å². The molecule has 0 bridgehead atoms. The topological polar surface area (TPSA) is 32.7 Å². The van der Waals surface area contributed by atoms with Gasteiger partial charge in [0.15, 0.2) is 6.10 Å². The molecule has 6 heteroatoms. The molecule has 1 aliphatic heterocycles. The highest BCUT2D eigenvalue weighted by molar-refractivity contribution is 4.81. The number of piperidine rings is 1. The van der Waals surface area contributed by atoms with Gasteiger partial charge in [0.2, 0.25) is 0 Å². The summed E-state index contributed by atoms with van der Waals surface area (Å²) in [5.41, 5.74) is 0. The first-order chi connectivity index (χ1) is 8.45. The minimum Gasteiger partial charge on any atom is -0.385 e.